The van der Waals surface area contributed by atoms with Gasteiger partial charge in [-0.3, -0.25) is 14.4 Å². The molecule has 0 aromatic heterocycles. The fourth-order valence-corrected chi connectivity index (χ4v) is 7.77. The van der Waals surface area contributed by atoms with Gasteiger partial charge in [-0.05, 0) is 66.6 Å². The molecule has 2 aromatic carbocycles. The lowest BCUT2D eigenvalue weighted by Gasteiger charge is -2.41. The van der Waals surface area contributed by atoms with Crippen molar-refractivity contribution in [2.24, 2.45) is 5.41 Å². The van der Waals surface area contributed by atoms with E-state index in [2.05, 4.69) is 18.6 Å². The van der Waals surface area contributed by atoms with Crippen LogP contribution in [-0.2, 0) is 24.4 Å². The number of nitrogens with zero attached hydrogens (tertiary/aromatic N) is 3. The number of hydrogen-bond acceptors (Lipinski definition) is 5. The van der Waals surface area contributed by atoms with Crippen LogP contribution in [0, 0.1) is 5.41 Å². The van der Waals surface area contributed by atoms with Crippen LogP contribution < -0.4 is 4.72 Å². The zero-order valence-electron chi connectivity index (χ0n) is 22.6. The van der Waals surface area contributed by atoms with Crippen molar-refractivity contribution in [1.82, 2.24) is 19.4 Å². The number of fused-ring (bicyclic) bond motifs is 1. The monoisotopic (exact) mass is 574 g/mol. The molecule has 39 heavy (non-hydrogen) atoms. The van der Waals surface area contributed by atoms with Gasteiger partial charge >= 0.3 is 0 Å². The SMILES string of the molecule is C[C@@H](C(=O)N1CCCC(C)(C)C1)N1CC[C@@](NS(=O)(=O)c2ccc3cc(Cl)ccc3c2)(N2CCCC2=O)C1=O. The summed E-state index contributed by atoms with van der Waals surface area (Å²) in [4.78, 5) is 45.0. The second-order valence-corrected chi connectivity index (χ2v) is 13.8. The van der Waals surface area contributed by atoms with Crippen LogP contribution in [0.1, 0.15) is 52.9 Å². The van der Waals surface area contributed by atoms with Crippen molar-refractivity contribution in [3.63, 3.8) is 0 Å². The maximum atomic E-state index is 14.1. The summed E-state index contributed by atoms with van der Waals surface area (Å²) in [6.07, 6.45) is 2.75. The van der Waals surface area contributed by atoms with E-state index in [-0.39, 0.29) is 48.1 Å². The lowest BCUT2D eigenvalue weighted by molar-refractivity contribution is -0.152. The van der Waals surface area contributed by atoms with Crippen molar-refractivity contribution in [2.75, 3.05) is 26.2 Å². The highest BCUT2D eigenvalue weighted by molar-refractivity contribution is 7.89. The van der Waals surface area contributed by atoms with Crippen LogP contribution in [0.15, 0.2) is 41.3 Å². The number of rotatable bonds is 6. The minimum atomic E-state index is -4.22. The van der Waals surface area contributed by atoms with Gasteiger partial charge in [0.05, 0.1) is 4.90 Å². The van der Waals surface area contributed by atoms with Crippen LogP contribution in [-0.4, -0.2) is 78.7 Å². The highest BCUT2D eigenvalue weighted by Crippen LogP contribution is 2.35. The van der Waals surface area contributed by atoms with E-state index in [0.717, 1.165) is 18.2 Å². The minimum Gasteiger partial charge on any atom is -0.340 e. The predicted molar refractivity (Wildman–Crippen MR) is 148 cm³/mol. The van der Waals surface area contributed by atoms with Gasteiger partial charge in [0.2, 0.25) is 21.8 Å². The van der Waals surface area contributed by atoms with E-state index in [1.165, 1.54) is 21.9 Å². The molecule has 3 fully saturated rings. The van der Waals surface area contributed by atoms with Gasteiger partial charge in [0.25, 0.3) is 5.91 Å². The molecule has 210 valence electrons. The lowest BCUT2D eigenvalue weighted by atomic mass is 9.84. The Labute approximate surface area is 234 Å². The number of halogens is 1. The molecule has 9 nitrogen and oxygen atoms in total. The van der Waals surface area contributed by atoms with Crippen LogP contribution in [0.5, 0.6) is 0 Å². The number of sulfonamides is 1. The number of amides is 3. The summed E-state index contributed by atoms with van der Waals surface area (Å²) < 4.78 is 30.1. The van der Waals surface area contributed by atoms with E-state index in [4.69, 9.17) is 11.6 Å². The first-order valence-corrected chi connectivity index (χ1v) is 15.3. The second kappa shape index (κ2) is 10.1. The molecular formula is C28H35ClN4O5S. The van der Waals surface area contributed by atoms with Crippen molar-refractivity contribution in [3.8, 4) is 0 Å². The average molecular weight is 575 g/mol. The number of benzene rings is 2. The molecule has 0 aliphatic carbocycles. The Hall–Kier alpha value is -2.69. The smallest absolute Gasteiger partial charge is 0.265 e. The molecule has 5 rings (SSSR count). The fraction of sp³-hybridized carbons (Fsp3) is 0.536. The van der Waals surface area contributed by atoms with Crippen LogP contribution in [0.3, 0.4) is 0 Å². The van der Waals surface area contributed by atoms with Gasteiger partial charge in [-0.25, -0.2) is 8.42 Å². The molecule has 11 heteroatoms. The van der Waals surface area contributed by atoms with Crippen molar-refractivity contribution in [2.45, 2.75) is 69.5 Å². The molecule has 1 N–H and O–H groups in total. The number of carbonyl (C=O) groups excluding carboxylic acids is 3. The van der Waals surface area contributed by atoms with Crippen molar-refractivity contribution < 1.29 is 22.8 Å². The highest BCUT2D eigenvalue weighted by Gasteiger charge is 2.57. The van der Waals surface area contributed by atoms with Crippen molar-refractivity contribution in [3.05, 3.63) is 41.4 Å². The summed E-state index contributed by atoms with van der Waals surface area (Å²) in [6, 6.07) is 9.02. The molecule has 0 unspecified atom stereocenters. The topological polar surface area (TPSA) is 107 Å². The van der Waals surface area contributed by atoms with E-state index >= 15 is 0 Å². The normalized spacial score (nSPS) is 24.6. The summed E-state index contributed by atoms with van der Waals surface area (Å²) in [7, 11) is -4.22. The number of piperidine rings is 1. The van der Waals surface area contributed by atoms with E-state index in [1.807, 2.05) is 0 Å². The van der Waals surface area contributed by atoms with E-state index in [0.29, 0.717) is 29.9 Å². The Balaban J connectivity index is 1.45. The minimum absolute atomic E-state index is 0.00476. The molecule has 3 amide bonds. The number of hydrogen-bond donors (Lipinski definition) is 1. The predicted octanol–water partition coefficient (Wildman–Crippen LogP) is 3.36. The van der Waals surface area contributed by atoms with Gasteiger partial charge in [-0.1, -0.05) is 37.6 Å². The summed E-state index contributed by atoms with van der Waals surface area (Å²) in [5.41, 5.74) is -1.79. The molecule has 3 heterocycles. The van der Waals surface area contributed by atoms with Crippen LogP contribution in [0.2, 0.25) is 5.02 Å². The maximum absolute atomic E-state index is 14.1. The largest absolute Gasteiger partial charge is 0.340 e. The molecule has 3 aliphatic rings. The number of carbonyl (C=O) groups is 3. The molecule has 0 bridgehead atoms. The second-order valence-electron chi connectivity index (χ2n) is 11.7. The van der Waals surface area contributed by atoms with E-state index < -0.39 is 27.6 Å². The van der Waals surface area contributed by atoms with E-state index in [1.54, 1.807) is 36.1 Å². The molecular weight excluding hydrogens is 540 g/mol. The highest BCUT2D eigenvalue weighted by atomic mass is 35.5. The third-order valence-corrected chi connectivity index (χ3v) is 10.0. The van der Waals surface area contributed by atoms with Crippen LogP contribution in [0.4, 0.5) is 0 Å². The Morgan fingerprint density at radius 1 is 1.00 bits per heavy atom. The zero-order valence-corrected chi connectivity index (χ0v) is 24.1. The van der Waals surface area contributed by atoms with E-state index in [9.17, 15) is 22.8 Å². The third-order valence-electron chi connectivity index (χ3n) is 8.29. The van der Waals surface area contributed by atoms with Crippen molar-refractivity contribution in [1.29, 1.82) is 0 Å². The van der Waals surface area contributed by atoms with Crippen LogP contribution >= 0.6 is 11.6 Å². The van der Waals surface area contributed by atoms with Gasteiger partial charge in [-0.15, -0.1) is 0 Å². The molecule has 3 aliphatic heterocycles. The number of nitrogens with one attached hydrogen (secondary N) is 1. The Bertz CT molecular complexity index is 1440. The maximum Gasteiger partial charge on any atom is 0.265 e. The van der Waals surface area contributed by atoms with Gasteiger partial charge in [-0.2, -0.15) is 4.72 Å². The standard InChI is InChI=1S/C28H35ClN4O5S/c1-19(25(35)31-13-5-11-27(2,3)18-31)32-15-12-28(26(32)36,33-14-4-6-24(33)34)30-39(37,38)23-10-8-20-16-22(29)9-7-21(20)17-23/h7-10,16-17,19,30H,4-6,11-15,18H2,1-3H3/t19-,28+/m0/s1. The molecule has 2 aromatic rings. The van der Waals surface area contributed by atoms with Gasteiger partial charge in [0, 0.05) is 44.0 Å². The number of likely N-dealkylation sites (tertiary alicyclic amines) is 3. The molecule has 0 radical (unpaired) electrons. The third kappa shape index (κ3) is 5.14. The van der Waals surface area contributed by atoms with Crippen LogP contribution in [0.25, 0.3) is 10.8 Å². The Morgan fingerprint density at radius 2 is 1.72 bits per heavy atom. The average Bonchev–Trinajstić information content (AvgIpc) is 3.45. The molecule has 0 spiro atoms. The molecule has 2 atom stereocenters. The Morgan fingerprint density at radius 3 is 2.41 bits per heavy atom. The van der Waals surface area contributed by atoms with Crippen molar-refractivity contribution >= 4 is 50.1 Å². The lowest BCUT2D eigenvalue weighted by Crippen LogP contribution is -2.66. The summed E-state index contributed by atoms with van der Waals surface area (Å²) in [6.45, 7) is 7.59. The van der Waals surface area contributed by atoms with Gasteiger partial charge in [0.1, 0.15) is 6.04 Å². The summed E-state index contributed by atoms with van der Waals surface area (Å²) >= 11 is 6.07. The van der Waals surface area contributed by atoms with Gasteiger partial charge in [0.15, 0.2) is 5.66 Å². The summed E-state index contributed by atoms with van der Waals surface area (Å²) in [5.74, 6) is -1.00. The fourth-order valence-electron chi connectivity index (χ4n) is 6.20. The quantitative estimate of drug-likeness (QED) is 0.569. The first-order valence-electron chi connectivity index (χ1n) is 13.5. The first-order chi connectivity index (χ1) is 18.3. The summed E-state index contributed by atoms with van der Waals surface area (Å²) in [5, 5.41) is 2.00. The zero-order chi connectivity index (χ0) is 28.2. The molecule has 0 saturated carbocycles. The Kier molecular flexibility index (Phi) is 7.18. The molecule has 3 saturated heterocycles. The van der Waals surface area contributed by atoms with Gasteiger partial charge < -0.3 is 14.7 Å². The first kappa shape index (κ1) is 27.9.